The van der Waals surface area contributed by atoms with Crippen molar-refractivity contribution in [3.8, 4) is 0 Å². The van der Waals surface area contributed by atoms with Crippen LogP contribution in [0.1, 0.15) is 28.7 Å². The second-order valence-corrected chi connectivity index (χ2v) is 5.56. The number of rotatable bonds is 3. The van der Waals surface area contributed by atoms with Crippen LogP contribution in [0.25, 0.3) is 0 Å². The highest BCUT2D eigenvalue weighted by Gasteiger charge is 2.27. The van der Waals surface area contributed by atoms with Crippen LogP contribution in [0.3, 0.4) is 0 Å². The number of ether oxygens (including phenoxy) is 1. The molecule has 0 bridgehead atoms. The molecule has 2 unspecified atom stereocenters. The number of aldehydes is 1. The van der Waals surface area contributed by atoms with Crippen LogP contribution in [0.2, 0.25) is 0 Å². The van der Waals surface area contributed by atoms with Gasteiger partial charge in [0.2, 0.25) is 0 Å². The number of aromatic nitrogens is 1. The topological polar surface area (TPSA) is 42.4 Å². The quantitative estimate of drug-likeness (QED) is 0.775. The third-order valence-corrected chi connectivity index (χ3v) is 4.53. The van der Waals surface area contributed by atoms with E-state index < -0.39 is 0 Å². The van der Waals surface area contributed by atoms with E-state index in [1.54, 1.807) is 7.11 Å². The molecule has 0 amide bonds. The number of nitrogens with zero attached hydrogens (tertiary/aromatic N) is 2. The van der Waals surface area contributed by atoms with E-state index >= 15 is 0 Å². The normalized spacial score (nSPS) is 25.0. The van der Waals surface area contributed by atoms with E-state index in [0.29, 0.717) is 5.92 Å². The summed E-state index contributed by atoms with van der Waals surface area (Å²) >= 11 is 1.47. The highest BCUT2D eigenvalue weighted by molar-refractivity contribution is 7.17. The molecule has 0 N–H and O–H groups in total. The van der Waals surface area contributed by atoms with Crippen LogP contribution in [0.4, 0.5) is 5.13 Å². The van der Waals surface area contributed by atoms with Crippen molar-refractivity contribution < 1.29 is 9.53 Å². The zero-order valence-electron chi connectivity index (χ0n) is 10.5. The molecule has 94 valence electrons. The number of aryl methyl sites for hydroxylation is 1. The lowest BCUT2D eigenvalue weighted by molar-refractivity contribution is 0.0498. The van der Waals surface area contributed by atoms with Crippen molar-refractivity contribution in [1.29, 1.82) is 0 Å². The first-order chi connectivity index (χ1) is 8.15. The molecule has 1 saturated heterocycles. The largest absolute Gasteiger partial charge is 0.379 e. The smallest absolute Gasteiger partial charge is 0.186 e. The summed E-state index contributed by atoms with van der Waals surface area (Å²) in [6.45, 7) is 5.95. The number of carbonyl (C=O) groups excluding carboxylic acids is 1. The summed E-state index contributed by atoms with van der Waals surface area (Å²) in [5.41, 5.74) is 0.826. The molecule has 0 radical (unpaired) electrons. The third-order valence-electron chi connectivity index (χ3n) is 3.39. The first-order valence-electron chi connectivity index (χ1n) is 5.86. The van der Waals surface area contributed by atoms with Crippen LogP contribution < -0.4 is 4.90 Å². The number of anilines is 1. The fraction of sp³-hybridized carbons (Fsp3) is 0.667. The predicted molar refractivity (Wildman–Crippen MR) is 69.0 cm³/mol. The SMILES string of the molecule is COC1CN(c2nc(C)c(C=O)s2)CCC1C. The van der Waals surface area contributed by atoms with E-state index in [1.807, 2.05) is 6.92 Å². The van der Waals surface area contributed by atoms with Gasteiger partial charge in [-0.2, -0.15) is 0 Å². The fourth-order valence-electron chi connectivity index (χ4n) is 2.15. The number of piperidine rings is 1. The molecule has 5 heteroatoms. The first kappa shape index (κ1) is 12.5. The molecule has 2 heterocycles. The van der Waals surface area contributed by atoms with E-state index in [4.69, 9.17) is 4.74 Å². The number of hydrogen-bond acceptors (Lipinski definition) is 5. The van der Waals surface area contributed by atoms with Crippen molar-refractivity contribution in [1.82, 2.24) is 4.98 Å². The summed E-state index contributed by atoms with van der Waals surface area (Å²) in [7, 11) is 1.76. The minimum atomic E-state index is 0.257. The van der Waals surface area contributed by atoms with Gasteiger partial charge in [0.1, 0.15) is 0 Å². The number of carbonyl (C=O) groups is 1. The van der Waals surface area contributed by atoms with Crippen LogP contribution in [0.15, 0.2) is 0 Å². The van der Waals surface area contributed by atoms with Crippen molar-refractivity contribution in [3.63, 3.8) is 0 Å². The Balaban J connectivity index is 2.14. The molecule has 4 nitrogen and oxygen atoms in total. The summed E-state index contributed by atoms with van der Waals surface area (Å²) in [6, 6.07) is 0. The monoisotopic (exact) mass is 254 g/mol. The molecular weight excluding hydrogens is 236 g/mol. The minimum Gasteiger partial charge on any atom is -0.379 e. The number of thiazole rings is 1. The van der Waals surface area contributed by atoms with Gasteiger partial charge in [-0.05, 0) is 19.3 Å². The second kappa shape index (κ2) is 5.14. The van der Waals surface area contributed by atoms with Gasteiger partial charge in [0.05, 0.1) is 16.7 Å². The van der Waals surface area contributed by atoms with E-state index in [1.165, 1.54) is 11.3 Å². The highest BCUT2D eigenvalue weighted by atomic mass is 32.1. The molecule has 1 aromatic heterocycles. The zero-order chi connectivity index (χ0) is 12.4. The minimum absolute atomic E-state index is 0.257. The van der Waals surface area contributed by atoms with Gasteiger partial charge in [0, 0.05) is 20.2 Å². The first-order valence-corrected chi connectivity index (χ1v) is 6.67. The van der Waals surface area contributed by atoms with Crippen molar-refractivity contribution in [3.05, 3.63) is 10.6 Å². The van der Waals surface area contributed by atoms with E-state index in [2.05, 4.69) is 16.8 Å². The van der Waals surface area contributed by atoms with Crippen LogP contribution in [-0.2, 0) is 4.74 Å². The molecule has 1 aliphatic heterocycles. The summed E-state index contributed by atoms with van der Waals surface area (Å²) in [5.74, 6) is 0.586. The Morgan fingerprint density at radius 3 is 2.94 bits per heavy atom. The Labute approximate surface area is 106 Å². The Morgan fingerprint density at radius 2 is 2.35 bits per heavy atom. The molecule has 2 atom stereocenters. The molecule has 0 aromatic carbocycles. The van der Waals surface area contributed by atoms with Gasteiger partial charge in [0.15, 0.2) is 11.4 Å². The van der Waals surface area contributed by atoms with Gasteiger partial charge in [-0.15, -0.1) is 0 Å². The molecular formula is C12H18N2O2S. The van der Waals surface area contributed by atoms with Gasteiger partial charge >= 0.3 is 0 Å². The molecule has 1 fully saturated rings. The van der Waals surface area contributed by atoms with Gasteiger partial charge in [-0.25, -0.2) is 4.98 Å². The van der Waals surface area contributed by atoms with Gasteiger partial charge in [0.25, 0.3) is 0 Å². The third kappa shape index (κ3) is 2.50. The van der Waals surface area contributed by atoms with Crippen LogP contribution in [0.5, 0.6) is 0 Å². The molecule has 0 spiro atoms. The predicted octanol–water partition coefficient (Wildman–Crippen LogP) is 2.13. The van der Waals surface area contributed by atoms with Crippen molar-refractivity contribution in [2.24, 2.45) is 5.92 Å². The Morgan fingerprint density at radius 1 is 1.59 bits per heavy atom. The van der Waals surface area contributed by atoms with Crippen molar-refractivity contribution in [2.75, 3.05) is 25.1 Å². The van der Waals surface area contributed by atoms with Crippen molar-refractivity contribution >= 4 is 22.8 Å². The molecule has 17 heavy (non-hydrogen) atoms. The van der Waals surface area contributed by atoms with E-state index in [9.17, 15) is 4.79 Å². The van der Waals surface area contributed by atoms with Gasteiger partial charge in [-0.1, -0.05) is 18.3 Å². The fourth-order valence-corrected chi connectivity index (χ4v) is 3.07. The molecule has 1 aromatic rings. The lowest BCUT2D eigenvalue weighted by Crippen LogP contribution is -2.43. The average molecular weight is 254 g/mol. The average Bonchev–Trinajstić information content (AvgIpc) is 2.71. The van der Waals surface area contributed by atoms with Gasteiger partial charge in [-0.3, -0.25) is 4.79 Å². The Bertz CT molecular complexity index is 405. The zero-order valence-corrected chi connectivity index (χ0v) is 11.3. The summed E-state index contributed by atoms with van der Waals surface area (Å²) in [6.07, 6.45) is 2.25. The Hall–Kier alpha value is -0.940. The van der Waals surface area contributed by atoms with Crippen molar-refractivity contribution in [2.45, 2.75) is 26.4 Å². The standard InChI is InChI=1S/C12H18N2O2S/c1-8-4-5-14(6-10(8)16-3)12-13-9(2)11(7-15)17-12/h7-8,10H,4-6H2,1-3H3. The summed E-state index contributed by atoms with van der Waals surface area (Å²) in [5, 5.41) is 0.943. The summed E-state index contributed by atoms with van der Waals surface area (Å²) < 4.78 is 5.48. The van der Waals surface area contributed by atoms with Gasteiger partial charge < -0.3 is 9.64 Å². The van der Waals surface area contributed by atoms with E-state index in [-0.39, 0.29) is 6.10 Å². The molecule has 0 aliphatic carbocycles. The number of hydrogen-bond donors (Lipinski definition) is 0. The lowest BCUT2D eigenvalue weighted by atomic mass is 9.96. The molecule has 2 rings (SSSR count). The molecule has 0 saturated carbocycles. The van der Waals surface area contributed by atoms with E-state index in [0.717, 1.165) is 41.5 Å². The van der Waals surface area contributed by atoms with Crippen LogP contribution >= 0.6 is 11.3 Å². The number of methoxy groups -OCH3 is 1. The Kier molecular flexibility index (Phi) is 3.79. The second-order valence-electron chi connectivity index (χ2n) is 4.55. The van der Waals surface area contributed by atoms with Crippen LogP contribution in [0, 0.1) is 12.8 Å². The molecule has 1 aliphatic rings. The van der Waals surface area contributed by atoms with Crippen LogP contribution in [-0.4, -0.2) is 37.6 Å². The lowest BCUT2D eigenvalue weighted by Gasteiger charge is -2.36. The maximum absolute atomic E-state index is 10.8. The maximum Gasteiger partial charge on any atom is 0.186 e. The maximum atomic E-state index is 10.8. The summed E-state index contributed by atoms with van der Waals surface area (Å²) in [4.78, 5) is 18.2. The highest BCUT2D eigenvalue weighted by Crippen LogP contribution is 2.29.